The Morgan fingerprint density at radius 2 is 1.94 bits per heavy atom. The Kier molecular flexibility index (Phi) is 7.56. The lowest BCUT2D eigenvalue weighted by molar-refractivity contribution is -0.129. The molecule has 0 heterocycles. The second-order valence-electron chi connectivity index (χ2n) is 4.45. The van der Waals surface area contributed by atoms with E-state index in [0.717, 1.165) is 12.8 Å². The van der Waals surface area contributed by atoms with Gasteiger partial charge in [-0.05, 0) is 19.8 Å². The average molecular weight is 240 g/mol. The number of hydrogen-bond acceptors (Lipinski definition) is 3. The molecule has 4 heteroatoms. The Bertz CT molecular complexity index is 265. The first-order valence-electron chi connectivity index (χ1n) is 6.28. The topological polar surface area (TPSA) is 62.1 Å². The quantitative estimate of drug-likeness (QED) is 0.707. The largest absolute Gasteiger partial charge is 0.380 e. The van der Waals surface area contributed by atoms with Crippen LogP contribution in [-0.2, 0) is 9.53 Å². The molecule has 0 aliphatic carbocycles. The van der Waals surface area contributed by atoms with Crippen LogP contribution in [0.2, 0.25) is 0 Å². The van der Waals surface area contributed by atoms with E-state index in [4.69, 9.17) is 4.74 Å². The number of methoxy groups -OCH3 is 1. The molecule has 0 aromatic carbocycles. The normalized spacial score (nSPS) is 12.9. The SMILES string of the molecule is CCCC(C#N)(CCC)C(=O)NCC(C)OC. The lowest BCUT2D eigenvalue weighted by atomic mass is 9.80. The predicted octanol–water partition coefficient (Wildman–Crippen LogP) is 2.25. The Morgan fingerprint density at radius 3 is 2.29 bits per heavy atom. The van der Waals surface area contributed by atoms with Gasteiger partial charge in [-0.1, -0.05) is 26.7 Å². The minimum atomic E-state index is -0.864. The maximum absolute atomic E-state index is 12.1. The van der Waals surface area contributed by atoms with Crippen molar-refractivity contribution in [3.05, 3.63) is 0 Å². The van der Waals surface area contributed by atoms with E-state index in [9.17, 15) is 10.1 Å². The summed E-state index contributed by atoms with van der Waals surface area (Å²) < 4.78 is 5.07. The van der Waals surface area contributed by atoms with Gasteiger partial charge in [0.25, 0.3) is 0 Å². The molecule has 1 N–H and O–H groups in total. The Balaban J connectivity index is 4.58. The van der Waals surface area contributed by atoms with Gasteiger partial charge in [0.2, 0.25) is 5.91 Å². The summed E-state index contributed by atoms with van der Waals surface area (Å²) in [5, 5.41) is 12.1. The van der Waals surface area contributed by atoms with Gasteiger partial charge in [-0.25, -0.2) is 0 Å². The number of ether oxygens (including phenoxy) is 1. The van der Waals surface area contributed by atoms with E-state index in [1.54, 1.807) is 7.11 Å². The number of amides is 1. The fraction of sp³-hybridized carbons (Fsp3) is 0.846. The van der Waals surface area contributed by atoms with Crippen LogP contribution in [0.25, 0.3) is 0 Å². The van der Waals surface area contributed by atoms with Crippen molar-refractivity contribution in [2.24, 2.45) is 5.41 Å². The molecular formula is C13H24N2O2. The number of carbonyl (C=O) groups excluding carboxylic acids is 1. The molecule has 17 heavy (non-hydrogen) atoms. The predicted molar refractivity (Wildman–Crippen MR) is 67.3 cm³/mol. The van der Waals surface area contributed by atoms with Gasteiger partial charge in [-0.15, -0.1) is 0 Å². The van der Waals surface area contributed by atoms with Crippen LogP contribution in [0.15, 0.2) is 0 Å². The summed E-state index contributed by atoms with van der Waals surface area (Å²) in [4.78, 5) is 12.1. The maximum Gasteiger partial charge on any atom is 0.240 e. The molecule has 1 atom stereocenters. The molecule has 1 unspecified atom stereocenters. The van der Waals surface area contributed by atoms with Crippen LogP contribution in [-0.4, -0.2) is 25.7 Å². The van der Waals surface area contributed by atoms with Gasteiger partial charge < -0.3 is 10.1 Å². The fourth-order valence-electron chi connectivity index (χ4n) is 1.86. The second kappa shape index (κ2) is 8.08. The molecule has 4 nitrogen and oxygen atoms in total. The highest BCUT2D eigenvalue weighted by molar-refractivity contribution is 5.85. The highest BCUT2D eigenvalue weighted by Crippen LogP contribution is 2.29. The van der Waals surface area contributed by atoms with Gasteiger partial charge in [0.05, 0.1) is 12.2 Å². The number of nitrogens with one attached hydrogen (secondary N) is 1. The van der Waals surface area contributed by atoms with Crippen molar-refractivity contribution in [2.75, 3.05) is 13.7 Å². The van der Waals surface area contributed by atoms with E-state index >= 15 is 0 Å². The Labute approximate surface area is 104 Å². The molecule has 0 spiro atoms. The monoisotopic (exact) mass is 240 g/mol. The average Bonchev–Trinajstić information content (AvgIpc) is 2.34. The summed E-state index contributed by atoms with van der Waals surface area (Å²) in [5.41, 5.74) is -0.864. The molecule has 0 aromatic rings. The molecule has 98 valence electrons. The Hall–Kier alpha value is -1.08. The molecule has 0 aliphatic heterocycles. The summed E-state index contributed by atoms with van der Waals surface area (Å²) in [6, 6.07) is 2.21. The zero-order valence-electron chi connectivity index (χ0n) is 11.4. The van der Waals surface area contributed by atoms with Crippen LogP contribution in [0.5, 0.6) is 0 Å². The lowest BCUT2D eigenvalue weighted by Crippen LogP contribution is -2.43. The van der Waals surface area contributed by atoms with Crippen molar-refractivity contribution in [3.63, 3.8) is 0 Å². The van der Waals surface area contributed by atoms with Gasteiger partial charge in [-0.2, -0.15) is 5.26 Å². The van der Waals surface area contributed by atoms with Crippen molar-refractivity contribution in [1.82, 2.24) is 5.32 Å². The van der Waals surface area contributed by atoms with Gasteiger partial charge in [0.1, 0.15) is 5.41 Å². The van der Waals surface area contributed by atoms with Crippen molar-refractivity contribution >= 4 is 5.91 Å². The van der Waals surface area contributed by atoms with Gasteiger partial charge in [0.15, 0.2) is 0 Å². The zero-order valence-corrected chi connectivity index (χ0v) is 11.4. The van der Waals surface area contributed by atoms with Crippen LogP contribution >= 0.6 is 0 Å². The van der Waals surface area contributed by atoms with Crippen LogP contribution in [0.1, 0.15) is 46.5 Å². The van der Waals surface area contributed by atoms with E-state index in [2.05, 4.69) is 11.4 Å². The van der Waals surface area contributed by atoms with E-state index in [1.807, 2.05) is 20.8 Å². The highest BCUT2D eigenvalue weighted by atomic mass is 16.5. The van der Waals surface area contributed by atoms with Gasteiger partial charge in [-0.3, -0.25) is 4.79 Å². The van der Waals surface area contributed by atoms with Gasteiger partial charge >= 0.3 is 0 Å². The van der Waals surface area contributed by atoms with Crippen LogP contribution in [0, 0.1) is 16.7 Å². The van der Waals surface area contributed by atoms with Crippen LogP contribution in [0.4, 0.5) is 0 Å². The van der Waals surface area contributed by atoms with E-state index in [1.165, 1.54) is 0 Å². The number of carbonyl (C=O) groups is 1. The number of nitrogens with zero attached hydrogens (tertiary/aromatic N) is 1. The number of rotatable bonds is 8. The molecule has 0 aromatic heterocycles. The molecule has 0 bridgehead atoms. The molecule has 0 fully saturated rings. The summed E-state index contributed by atoms with van der Waals surface area (Å²) in [6.07, 6.45) is 2.87. The van der Waals surface area contributed by atoms with Crippen molar-refractivity contribution in [1.29, 1.82) is 5.26 Å². The zero-order chi connectivity index (χ0) is 13.3. The van der Waals surface area contributed by atoms with Crippen molar-refractivity contribution < 1.29 is 9.53 Å². The summed E-state index contributed by atoms with van der Waals surface area (Å²) in [6.45, 7) is 6.32. The first-order chi connectivity index (χ1) is 8.06. The van der Waals surface area contributed by atoms with Crippen LogP contribution in [0.3, 0.4) is 0 Å². The molecule has 0 radical (unpaired) electrons. The van der Waals surface area contributed by atoms with E-state index in [-0.39, 0.29) is 12.0 Å². The highest BCUT2D eigenvalue weighted by Gasteiger charge is 2.36. The third-order valence-corrected chi connectivity index (χ3v) is 2.95. The van der Waals surface area contributed by atoms with E-state index < -0.39 is 5.41 Å². The second-order valence-corrected chi connectivity index (χ2v) is 4.45. The third kappa shape index (κ3) is 4.74. The number of nitriles is 1. The smallest absolute Gasteiger partial charge is 0.240 e. The van der Waals surface area contributed by atoms with Gasteiger partial charge in [0, 0.05) is 13.7 Å². The summed E-state index contributed by atoms with van der Waals surface area (Å²) >= 11 is 0. The molecule has 0 rings (SSSR count). The first-order valence-corrected chi connectivity index (χ1v) is 6.28. The molecule has 1 amide bonds. The number of hydrogen-bond donors (Lipinski definition) is 1. The minimum Gasteiger partial charge on any atom is -0.380 e. The molecule has 0 saturated heterocycles. The molecule has 0 aliphatic rings. The third-order valence-electron chi connectivity index (χ3n) is 2.95. The molecular weight excluding hydrogens is 216 g/mol. The summed E-state index contributed by atoms with van der Waals surface area (Å²) in [5.74, 6) is -0.160. The van der Waals surface area contributed by atoms with Crippen molar-refractivity contribution in [3.8, 4) is 6.07 Å². The van der Waals surface area contributed by atoms with Crippen molar-refractivity contribution in [2.45, 2.75) is 52.6 Å². The summed E-state index contributed by atoms with van der Waals surface area (Å²) in [7, 11) is 1.60. The minimum absolute atomic E-state index is 0.0291. The Morgan fingerprint density at radius 1 is 1.41 bits per heavy atom. The first kappa shape index (κ1) is 15.9. The standard InChI is InChI=1S/C13H24N2O2/c1-5-7-13(10-14,8-6-2)12(16)15-9-11(3)17-4/h11H,5-9H2,1-4H3,(H,15,16). The fourth-order valence-corrected chi connectivity index (χ4v) is 1.86. The molecule has 0 saturated carbocycles. The lowest BCUT2D eigenvalue weighted by Gasteiger charge is -2.25. The maximum atomic E-state index is 12.1. The van der Waals surface area contributed by atoms with Crippen LogP contribution < -0.4 is 5.32 Å². The van der Waals surface area contributed by atoms with E-state index in [0.29, 0.717) is 19.4 Å².